The van der Waals surface area contributed by atoms with Gasteiger partial charge in [-0.3, -0.25) is 19.7 Å². The van der Waals surface area contributed by atoms with Crippen molar-refractivity contribution in [2.45, 2.75) is 25.3 Å². The number of hydrogen-bond donors (Lipinski definition) is 3. The minimum absolute atomic E-state index is 0. The van der Waals surface area contributed by atoms with Crippen molar-refractivity contribution in [3.63, 3.8) is 0 Å². The molecule has 3 amide bonds. The van der Waals surface area contributed by atoms with Crippen molar-refractivity contribution >= 4 is 30.1 Å². The predicted molar refractivity (Wildman–Crippen MR) is 87.4 cm³/mol. The van der Waals surface area contributed by atoms with Gasteiger partial charge in [0.1, 0.15) is 0 Å². The minimum Gasteiger partial charge on any atom is -0.348 e. The number of imide groups is 1. The van der Waals surface area contributed by atoms with Crippen LogP contribution in [0.2, 0.25) is 0 Å². The molecule has 2 atom stereocenters. The molecule has 3 rings (SSSR count). The van der Waals surface area contributed by atoms with E-state index >= 15 is 0 Å². The van der Waals surface area contributed by atoms with Crippen molar-refractivity contribution in [2.24, 2.45) is 5.92 Å². The Morgan fingerprint density at radius 2 is 1.96 bits per heavy atom. The van der Waals surface area contributed by atoms with E-state index in [-0.39, 0.29) is 48.5 Å². The standard InChI is InChI=1S/C16H19N3O3.ClH/c20-14-8-12(16(22)19-14)7-10-1-3-11(4-2-10)15(21)18-13-5-6-17-9-13;/h1-4,12-13,17H,5-9H2,(H,18,21)(H,19,20,22);1H. The molecule has 0 aromatic heterocycles. The number of carbonyl (C=O) groups is 3. The van der Waals surface area contributed by atoms with Crippen molar-refractivity contribution in [1.82, 2.24) is 16.0 Å². The van der Waals surface area contributed by atoms with Gasteiger partial charge in [0.05, 0.1) is 5.92 Å². The molecule has 2 fully saturated rings. The third kappa shape index (κ3) is 4.30. The fourth-order valence-electron chi connectivity index (χ4n) is 2.90. The van der Waals surface area contributed by atoms with Crippen molar-refractivity contribution in [1.29, 1.82) is 0 Å². The first kappa shape index (κ1) is 17.4. The smallest absolute Gasteiger partial charge is 0.251 e. The monoisotopic (exact) mass is 337 g/mol. The Bertz CT molecular complexity index is 597. The van der Waals surface area contributed by atoms with E-state index in [1.165, 1.54) is 0 Å². The molecule has 0 saturated carbocycles. The molecule has 0 radical (unpaired) electrons. The van der Waals surface area contributed by atoms with E-state index in [1.54, 1.807) is 12.1 Å². The van der Waals surface area contributed by atoms with E-state index in [2.05, 4.69) is 16.0 Å². The van der Waals surface area contributed by atoms with E-state index in [0.29, 0.717) is 12.0 Å². The average molecular weight is 338 g/mol. The summed E-state index contributed by atoms with van der Waals surface area (Å²) < 4.78 is 0. The van der Waals surface area contributed by atoms with Gasteiger partial charge in [-0.1, -0.05) is 12.1 Å². The highest BCUT2D eigenvalue weighted by atomic mass is 35.5. The van der Waals surface area contributed by atoms with Gasteiger partial charge in [0.25, 0.3) is 5.91 Å². The van der Waals surface area contributed by atoms with Crippen molar-refractivity contribution in [3.05, 3.63) is 35.4 Å². The molecule has 0 aliphatic carbocycles. The summed E-state index contributed by atoms with van der Waals surface area (Å²) in [5.41, 5.74) is 1.57. The molecule has 2 aliphatic heterocycles. The molecular formula is C16H20ClN3O3. The molecule has 3 N–H and O–H groups in total. The summed E-state index contributed by atoms with van der Waals surface area (Å²) in [6.45, 7) is 1.75. The highest BCUT2D eigenvalue weighted by molar-refractivity contribution is 6.03. The summed E-state index contributed by atoms with van der Waals surface area (Å²) in [7, 11) is 0. The lowest BCUT2D eigenvalue weighted by Crippen LogP contribution is -2.36. The number of rotatable bonds is 4. The van der Waals surface area contributed by atoms with Crippen molar-refractivity contribution in [2.75, 3.05) is 13.1 Å². The zero-order valence-corrected chi connectivity index (χ0v) is 13.4. The number of hydrogen-bond acceptors (Lipinski definition) is 4. The van der Waals surface area contributed by atoms with Gasteiger partial charge in [-0.05, 0) is 37.1 Å². The second-order valence-electron chi connectivity index (χ2n) is 5.88. The first-order valence-electron chi connectivity index (χ1n) is 7.56. The Labute approximate surface area is 140 Å². The number of nitrogens with one attached hydrogen (secondary N) is 3. The summed E-state index contributed by atoms with van der Waals surface area (Å²) in [5, 5.41) is 8.51. The molecular weight excluding hydrogens is 318 g/mol. The summed E-state index contributed by atoms with van der Waals surface area (Å²) in [6.07, 6.45) is 1.72. The van der Waals surface area contributed by atoms with Gasteiger partial charge in [-0.15, -0.1) is 12.4 Å². The average Bonchev–Trinajstić information content (AvgIpc) is 3.10. The van der Waals surface area contributed by atoms with Crippen LogP contribution in [0.1, 0.15) is 28.8 Å². The maximum Gasteiger partial charge on any atom is 0.251 e. The quantitative estimate of drug-likeness (QED) is 0.694. The van der Waals surface area contributed by atoms with Crippen LogP contribution in [0.5, 0.6) is 0 Å². The molecule has 124 valence electrons. The lowest BCUT2D eigenvalue weighted by Gasteiger charge is -2.12. The van der Waals surface area contributed by atoms with Gasteiger partial charge in [-0.2, -0.15) is 0 Å². The van der Waals surface area contributed by atoms with Crippen LogP contribution in [-0.4, -0.2) is 36.9 Å². The zero-order chi connectivity index (χ0) is 15.5. The second-order valence-corrected chi connectivity index (χ2v) is 5.88. The van der Waals surface area contributed by atoms with Gasteiger partial charge in [-0.25, -0.2) is 0 Å². The highest BCUT2D eigenvalue weighted by Crippen LogP contribution is 2.17. The van der Waals surface area contributed by atoms with E-state index in [0.717, 1.165) is 25.1 Å². The van der Waals surface area contributed by atoms with Crippen LogP contribution in [0.3, 0.4) is 0 Å². The lowest BCUT2D eigenvalue weighted by molar-refractivity contribution is -0.125. The summed E-state index contributed by atoms with van der Waals surface area (Å²) in [5.74, 6) is -0.789. The number of amides is 3. The SMILES string of the molecule is Cl.O=C1CC(Cc2ccc(C(=O)NC3CCNC3)cc2)C(=O)N1. The molecule has 2 saturated heterocycles. The summed E-state index contributed by atoms with van der Waals surface area (Å²) in [6, 6.07) is 7.42. The molecule has 1 aromatic rings. The second kappa shape index (κ2) is 7.57. The lowest BCUT2D eigenvalue weighted by atomic mass is 9.97. The van der Waals surface area contributed by atoms with Crippen LogP contribution in [0.25, 0.3) is 0 Å². The Kier molecular flexibility index (Phi) is 5.74. The van der Waals surface area contributed by atoms with Crippen LogP contribution in [-0.2, 0) is 16.0 Å². The number of carbonyl (C=O) groups excluding carboxylic acids is 3. The van der Waals surface area contributed by atoms with E-state index < -0.39 is 0 Å². The summed E-state index contributed by atoms with van der Waals surface area (Å²) in [4.78, 5) is 34.8. The maximum atomic E-state index is 12.1. The van der Waals surface area contributed by atoms with Crippen LogP contribution in [0.4, 0.5) is 0 Å². The maximum absolute atomic E-state index is 12.1. The van der Waals surface area contributed by atoms with Crippen LogP contribution < -0.4 is 16.0 Å². The molecule has 7 heteroatoms. The third-order valence-electron chi connectivity index (χ3n) is 4.16. The Hall–Kier alpha value is -1.92. The number of halogens is 1. The fraction of sp³-hybridized carbons (Fsp3) is 0.438. The minimum atomic E-state index is -0.295. The highest BCUT2D eigenvalue weighted by Gasteiger charge is 2.30. The Balaban J connectivity index is 0.00000192. The van der Waals surface area contributed by atoms with Gasteiger partial charge in [0.15, 0.2) is 0 Å². The first-order chi connectivity index (χ1) is 10.6. The topological polar surface area (TPSA) is 87.3 Å². The molecule has 2 heterocycles. The number of benzene rings is 1. The zero-order valence-electron chi connectivity index (χ0n) is 12.6. The van der Waals surface area contributed by atoms with Gasteiger partial charge in [0.2, 0.25) is 11.8 Å². The van der Waals surface area contributed by atoms with E-state index in [9.17, 15) is 14.4 Å². The van der Waals surface area contributed by atoms with Crippen molar-refractivity contribution < 1.29 is 14.4 Å². The van der Waals surface area contributed by atoms with Crippen LogP contribution >= 0.6 is 12.4 Å². The summed E-state index contributed by atoms with van der Waals surface area (Å²) >= 11 is 0. The van der Waals surface area contributed by atoms with Crippen LogP contribution in [0.15, 0.2) is 24.3 Å². The Morgan fingerprint density at radius 3 is 2.52 bits per heavy atom. The van der Waals surface area contributed by atoms with Crippen molar-refractivity contribution in [3.8, 4) is 0 Å². The molecule has 2 unspecified atom stereocenters. The van der Waals surface area contributed by atoms with E-state index in [1.807, 2.05) is 12.1 Å². The fourth-order valence-corrected chi connectivity index (χ4v) is 2.90. The van der Waals surface area contributed by atoms with Crippen LogP contribution in [0, 0.1) is 5.92 Å². The molecule has 1 aromatic carbocycles. The third-order valence-corrected chi connectivity index (χ3v) is 4.16. The van der Waals surface area contributed by atoms with Gasteiger partial charge < -0.3 is 10.6 Å². The molecule has 0 bridgehead atoms. The molecule has 0 spiro atoms. The molecule has 2 aliphatic rings. The van der Waals surface area contributed by atoms with Gasteiger partial charge >= 0.3 is 0 Å². The largest absolute Gasteiger partial charge is 0.348 e. The molecule has 23 heavy (non-hydrogen) atoms. The van der Waals surface area contributed by atoms with Gasteiger partial charge in [0, 0.05) is 24.6 Å². The Morgan fingerprint density at radius 1 is 1.22 bits per heavy atom. The van der Waals surface area contributed by atoms with E-state index in [4.69, 9.17) is 0 Å². The first-order valence-corrected chi connectivity index (χ1v) is 7.56. The normalized spacial score (nSPS) is 23.3. The molecule has 6 nitrogen and oxygen atoms in total. The predicted octanol–water partition coefficient (Wildman–Crippen LogP) is 0.405.